The number of benzene rings is 6. The van der Waals surface area contributed by atoms with E-state index in [0.717, 1.165) is 148 Å². The van der Waals surface area contributed by atoms with E-state index >= 15 is 0 Å². The number of aromatic nitrogens is 6. The molecule has 0 spiro atoms. The standard InChI is InChI=1S/C45H53N9O3.C39H39N7O4.C6H14N2/c1-5-41-39(42(51-37-15-17-57-18-16-37)40-25-49-54(6-2)43(40)52-41)24-48-45(56)35-12-8-11-34(21-35)44(55)47-23-31-13-14-36(22-46)38(20-31)33-10-7-9-32(19-33)28-53-26-29(3)50-30(4)27-53;1-3-35-33(36(44-31-13-15-50-16-14-31)34-23-43-46(4-2)37(34)45-35)22-42-39(49)29-10-6-9-28(19-29)38(48)41-21-25-11-12-30(20-40)32(18-25)27-8-5-7-26(17-27)24-47;1-5-3-7-4-6(2)8-5/h7-14,19-21,25,29-30,37,50H,5-6,15-18,23-24,26-28H2,1-4H3,(H,47,55)(H,48,56)(H,51,52);5-12,17-19,23-24,31H,3-4,13-16,21-22H2,1-2H3,(H,41,48)(H,42,49)(H,44,45);5-8H,3-4H2,1-2H3/t29-,30+;;5-,6+. The maximum Gasteiger partial charge on any atom is 0.251 e. The van der Waals surface area contributed by atoms with Crippen LogP contribution < -0.4 is 47.9 Å². The zero-order chi connectivity index (χ0) is 80.9. The average Bonchev–Trinajstić information content (AvgIpc) is 1.66. The Morgan fingerprint density at radius 1 is 0.504 bits per heavy atom. The summed E-state index contributed by atoms with van der Waals surface area (Å²) in [6.45, 7) is 27.2. The molecule has 0 unspecified atom stereocenters. The van der Waals surface area contributed by atoms with Crippen LogP contribution in [0.3, 0.4) is 0 Å². The minimum absolute atomic E-state index is 0.202. The van der Waals surface area contributed by atoms with Crippen LogP contribution in [0.2, 0.25) is 0 Å². The topological polar surface area (TPSA) is 324 Å². The van der Waals surface area contributed by atoms with Crippen LogP contribution in [0.5, 0.6) is 0 Å². The summed E-state index contributed by atoms with van der Waals surface area (Å²) in [5.41, 5.74) is 16.3. The third kappa shape index (κ3) is 21.3. The smallest absolute Gasteiger partial charge is 0.251 e. The van der Waals surface area contributed by atoms with Crippen molar-refractivity contribution < 1.29 is 33.4 Å². The Hall–Kier alpha value is -11.6. The quantitative estimate of drug-likeness (QED) is 0.0240. The molecular weight excluding hydrogens is 1450 g/mol. The highest BCUT2D eigenvalue weighted by molar-refractivity contribution is 6.01. The molecule has 25 heteroatoms. The van der Waals surface area contributed by atoms with E-state index in [2.05, 4.69) is 129 Å². The predicted octanol–water partition coefficient (Wildman–Crippen LogP) is 12.0. The molecule has 9 N–H and O–H groups in total. The van der Waals surface area contributed by atoms with Crippen molar-refractivity contribution in [2.45, 2.75) is 176 Å². The molecule has 0 saturated carbocycles. The number of amides is 4. The highest BCUT2D eigenvalue weighted by Crippen LogP contribution is 2.35. The van der Waals surface area contributed by atoms with Crippen molar-refractivity contribution in [1.29, 1.82) is 10.5 Å². The summed E-state index contributed by atoms with van der Waals surface area (Å²) >= 11 is 0. The number of nitriles is 2. The van der Waals surface area contributed by atoms with Crippen LogP contribution in [0.4, 0.5) is 11.4 Å². The van der Waals surface area contributed by atoms with Gasteiger partial charge in [0.05, 0.1) is 57.8 Å². The minimum Gasteiger partial charge on any atom is -0.381 e. The second-order valence-electron chi connectivity index (χ2n) is 30.1. The number of nitrogens with one attached hydrogen (secondary N) is 9. The molecule has 4 aliphatic heterocycles. The van der Waals surface area contributed by atoms with E-state index in [-0.39, 0.29) is 61.9 Å². The second-order valence-corrected chi connectivity index (χ2v) is 30.1. The van der Waals surface area contributed by atoms with Gasteiger partial charge in [-0.1, -0.05) is 74.5 Å². The Morgan fingerprint density at radius 2 is 0.922 bits per heavy atom. The number of hydrogen-bond donors (Lipinski definition) is 9. The molecule has 0 aliphatic carbocycles. The van der Waals surface area contributed by atoms with Gasteiger partial charge in [-0.15, -0.1) is 0 Å². The number of carbonyl (C=O) groups is 5. The number of fused-ring (bicyclic) bond motifs is 2. The lowest BCUT2D eigenvalue weighted by atomic mass is 9.96. The van der Waals surface area contributed by atoms with Gasteiger partial charge in [-0.3, -0.25) is 28.9 Å². The van der Waals surface area contributed by atoms with Crippen molar-refractivity contribution in [1.82, 2.24) is 71.6 Å². The Kier molecular flexibility index (Phi) is 28.8. The average molecular weight is 1550 g/mol. The van der Waals surface area contributed by atoms with Crippen LogP contribution in [-0.4, -0.2) is 153 Å². The van der Waals surface area contributed by atoms with Crippen LogP contribution in [0.25, 0.3) is 44.3 Å². The first-order valence-corrected chi connectivity index (χ1v) is 40.4. The number of aryl methyl sites for hydroxylation is 4. The summed E-state index contributed by atoms with van der Waals surface area (Å²) in [6, 6.07) is 46.9. The number of hydrogen-bond acceptors (Lipinski definition) is 19. The van der Waals surface area contributed by atoms with E-state index in [4.69, 9.17) is 19.4 Å². The fourth-order valence-corrected chi connectivity index (χ4v) is 15.6. The molecule has 0 radical (unpaired) electrons. The van der Waals surface area contributed by atoms with E-state index < -0.39 is 0 Å². The number of anilines is 2. The van der Waals surface area contributed by atoms with Gasteiger partial charge in [0.1, 0.15) is 6.29 Å². The van der Waals surface area contributed by atoms with Crippen LogP contribution in [0.1, 0.15) is 183 Å². The van der Waals surface area contributed by atoms with E-state index in [9.17, 15) is 34.5 Å². The van der Waals surface area contributed by atoms with E-state index in [0.29, 0.717) is 121 Å². The number of piperazine rings is 2. The molecule has 8 heterocycles. The minimum atomic E-state index is -0.340. The molecule has 14 rings (SSSR count). The van der Waals surface area contributed by atoms with Crippen molar-refractivity contribution in [3.63, 3.8) is 0 Å². The molecule has 4 aliphatic rings. The van der Waals surface area contributed by atoms with Gasteiger partial charge >= 0.3 is 0 Å². The molecule has 4 fully saturated rings. The summed E-state index contributed by atoms with van der Waals surface area (Å²) in [5, 5.41) is 60.6. The monoisotopic (exact) mass is 1550 g/mol. The van der Waals surface area contributed by atoms with Crippen molar-refractivity contribution >= 4 is 63.4 Å². The molecule has 4 amide bonds. The van der Waals surface area contributed by atoms with Gasteiger partial charge < -0.3 is 57.3 Å². The van der Waals surface area contributed by atoms with Crippen molar-refractivity contribution in [3.05, 3.63) is 224 Å². The number of aldehydes is 1. The van der Waals surface area contributed by atoms with E-state index in [1.807, 2.05) is 78.1 Å². The molecule has 25 nitrogen and oxygen atoms in total. The fraction of sp³-hybridized carbons (Fsp3) is 0.389. The Labute approximate surface area is 673 Å². The van der Waals surface area contributed by atoms with Crippen molar-refractivity contribution in [2.24, 2.45) is 0 Å². The Balaban J connectivity index is 0.000000195. The maximum absolute atomic E-state index is 13.6. The SMILES string of the molecule is CCc1nc2c(cnn2CC)c(NC2CCOCC2)c1CNC(=O)c1cccc(C(=O)NCc2ccc(C#N)c(-c3cccc(C=O)c3)c2)c1.CCc1nc2c(cnn2CC)c(NC2CCOCC2)c1CNC(=O)c1cccc(C(=O)NCc2ccc(C#N)c(-c3cccc(CN4C[C@@H](C)N[C@@H](C)C4)c3)c2)c1.C[C@@H]1CNC[C@H](C)N1. The zero-order valence-electron chi connectivity index (χ0n) is 67.1. The Bertz CT molecular complexity index is 5170. The van der Waals surface area contributed by atoms with Gasteiger partial charge in [-0.05, 0) is 192 Å². The fourth-order valence-electron chi connectivity index (χ4n) is 15.6. The summed E-state index contributed by atoms with van der Waals surface area (Å²) in [5.74, 6) is -1.23. The van der Waals surface area contributed by atoms with Gasteiger partial charge in [0.25, 0.3) is 23.6 Å². The third-order valence-electron chi connectivity index (χ3n) is 21.4. The van der Waals surface area contributed by atoms with Crippen LogP contribution in [0, 0.1) is 22.7 Å². The zero-order valence-corrected chi connectivity index (χ0v) is 67.1. The number of pyridine rings is 2. The summed E-state index contributed by atoms with van der Waals surface area (Å²) in [7, 11) is 0. The molecule has 598 valence electrons. The number of rotatable bonds is 25. The molecular formula is C90H106N18O7. The normalized spacial score (nSPS) is 17.2. The molecule has 0 bridgehead atoms. The first-order chi connectivity index (χ1) is 55.9. The number of carbonyl (C=O) groups excluding carboxylic acids is 5. The van der Waals surface area contributed by atoms with Crippen LogP contribution >= 0.6 is 0 Å². The Morgan fingerprint density at radius 3 is 1.33 bits per heavy atom. The molecule has 6 aromatic carbocycles. The number of nitrogens with zero attached hydrogens (tertiary/aromatic N) is 9. The molecule has 4 atom stereocenters. The predicted molar refractivity (Wildman–Crippen MR) is 448 cm³/mol. The van der Waals surface area contributed by atoms with Crippen LogP contribution in [0.15, 0.2) is 146 Å². The van der Waals surface area contributed by atoms with Gasteiger partial charge in [-0.25, -0.2) is 19.3 Å². The largest absolute Gasteiger partial charge is 0.381 e. The van der Waals surface area contributed by atoms with Crippen molar-refractivity contribution in [2.75, 3.05) is 63.2 Å². The number of ether oxygens (including phenoxy) is 2. The van der Waals surface area contributed by atoms with Gasteiger partial charge in [0.15, 0.2) is 11.3 Å². The van der Waals surface area contributed by atoms with E-state index in [1.54, 1.807) is 78.9 Å². The van der Waals surface area contributed by atoms with Gasteiger partial charge in [0, 0.05) is 185 Å². The lowest BCUT2D eigenvalue weighted by molar-refractivity contribution is 0.0903. The molecule has 115 heavy (non-hydrogen) atoms. The lowest BCUT2D eigenvalue weighted by Crippen LogP contribution is -2.53. The maximum atomic E-state index is 13.6. The van der Waals surface area contributed by atoms with Crippen LogP contribution in [-0.2, 0) is 68.1 Å². The molecule has 4 saturated heterocycles. The second kappa shape index (κ2) is 40.0. The third-order valence-corrected chi connectivity index (χ3v) is 21.4. The molecule has 4 aromatic heterocycles. The van der Waals surface area contributed by atoms with E-state index in [1.165, 1.54) is 5.56 Å². The van der Waals surface area contributed by atoms with Crippen molar-refractivity contribution in [3.8, 4) is 34.4 Å². The summed E-state index contributed by atoms with van der Waals surface area (Å²) in [4.78, 5) is 77.5. The summed E-state index contributed by atoms with van der Waals surface area (Å²) < 4.78 is 15.0. The highest BCUT2D eigenvalue weighted by Gasteiger charge is 2.27. The van der Waals surface area contributed by atoms with Gasteiger partial charge in [-0.2, -0.15) is 20.7 Å². The summed E-state index contributed by atoms with van der Waals surface area (Å²) in [6.07, 6.45) is 9.38. The van der Waals surface area contributed by atoms with Gasteiger partial charge in [0.2, 0.25) is 0 Å². The lowest BCUT2D eigenvalue weighted by Gasteiger charge is -2.36. The highest BCUT2D eigenvalue weighted by atomic mass is 16.5. The first-order valence-electron chi connectivity index (χ1n) is 40.4. The first kappa shape index (κ1) is 82.9. The molecule has 10 aromatic rings.